The topological polar surface area (TPSA) is 120 Å². The van der Waals surface area contributed by atoms with E-state index >= 15 is 0 Å². The van der Waals surface area contributed by atoms with Gasteiger partial charge in [0.1, 0.15) is 5.75 Å². The van der Waals surface area contributed by atoms with Crippen molar-refractivity contribution < 1.29 is 29.3 Å². The molecule has 3 unspecified atom stereocenters. The Hall–Kier alpha value is -2.98. The highest BCUT2D eigenvalue weighted by atomic mass is 16.5. The molecule has 6 rings (SSSR count). The van der Waals surface area contributed by atoms with Gasteiger partial charge in [-0.1, -0.05) is 24.3 Å². The van der Waals surface area contributed by atoms with E-state index in [1.807, 2.05) is 19.1 Å². The van der Waals surface area contributed by atoms with Gasteiger partial charge in [0.2, 0.25) is 0 Å². The number of rotatable bonds is 9. The molecule has 2 bridgehead atoms. The molecule has 39 heavy (non-hydrogen) atoms. The minimum Gasteiger partial charge on any atom is -0.493 e. The zero-order chi connectivity index (χ0) is 27.4. The summed E-state index contributed by atoms with van der Waals surface area (Å²) in [5.41, 5.74) is 3.42. The van der Waals surface area contributed by atoms with Crippen molar-refractivity contribution in [3.8, 4) is 5.75 Å². The first-order valence-electron chi connectivity index (χ1n) is 14.0. The van der Waals surface area contributed by atoms with Crippen molar-refractivity contribution >= 4 is 11.8 Å². The number of piperidine rings is 1. The third kappa shape index (κ3) is 6.44. The monoisotopic (exact) mass is 537 g/mol. The quantitative estimate of drug-likeness (QED) is 0.383. The van der Waals surface area contributed by atoms with Crippen LogP contribution in [-0.2, 0) is 17.6 Å². The fourth-order valence-electron chi connectivity index (χ4n) is 5.93. The predicted octanol–water partition coefficient (Wildman–Crippen LogP) is 1.54. The number of nitrogens with zero attached hydrogens (tertiary/aromatic N) is 1. The van der Waals surface area contributed by atoms with Crippen molar-refractivity contribution in [3.63, 3.8) is 0 Å². The minimum absolute atomic E-state index is 0.00757. The Labute approximate surface area is 229 Å². The number of carbonyl (C=O) groups excluding carboxylic acids is 2. The van der Waals surface area contributed by atoms with E-state index in [0.717, 1.165) is 19.3 Å². The second-order valence-electron chi connectivity index (χ2n) is 10.8. The molecule has 4 aliphatic rings. The van der Waals surface area contributed by atoms with Gasteiger partial charge in [0.25, 0.3) is 11.8 Å². The molecule has 3 heterocycles. The zero-order valence-electron chi connectivity index (χ0n) is 22.5. The van der Waals surface area contributed by atoms with Crippen LogP contribution >= 0.6 is 0 Å². The minimum atomic E-state index is -0.742. The van der Waals surface area contributed by atoms with E-state index in [0.29, 0.717) is 56.2 Å². The normalized spacial score (nSPS) is 23.6. The van der Waals surface area contributed by atoms with Crippen LogP contribution in [-0.4, -0.2) is 90.7 Å². The molecule has 9 nitrogen and oxygen atoms in total. The molecule has 0 radical (unpaired) electrons. The van der Waals surface area contributed by atoms with Gasteiger partial charge in [-0.2, -0.15) is 0 Å². The number of benzene rings is 2. The molecule has 210 valence electrons. The highest BCUT2D eigenvalue weighted by Crippen LogP contribution is 2.30. The predicted molar refractivity (Wildman–Crippen MR) is 146 cm³/mol. The largest absolute Gasteiger partial charge is 0.493 e. The van der Waals surface area contributed by atoms with Gasteiger partial charge in [-0.05, 0) is 61.9 Å². The van der Waals surface area contributed by atoms with E-state index in [1.165, 1.54) is 11.1 Å². The zero-order valence-corrected chi connectivity index (χ0v) is 22.5. The molecule has 3 aliphatic heterocycles. The van der Waals surface area contributed by atoms with Gasteiger partial charge < -0.3 is 35.2 Å². The summed E-state index contributed by atoms with van der Waals surface area (Å²) in [6, 6.07) is 13.3. The Morgan fingerprint density at radius 2 is 1.92 bits per heavy atom. The van der Waals surface area contributed by atoms with Crippen molar-refractivity contribution in [3.05, 3.63) is 64.7 Å². The van der Waals surface area contributed by atoms with Crippen molar-refractivity contribution in [1.29, 1.82) is 0 Å². The molecule has 4 N–H and O–H groups in total. The van der Waals surface area contributed by atoms with Crippen LogP contribution in [0.25, 0.3) is 0 Å². The molecule has 3 saturated heterocycles. The SMILES string of the molecule is CCOc1cc(C(=O)N2CC3CCOCC2CC3O)ccc1C(=O)NC[C@@H](O)CNC1Cc2ccccc2C1. The molecule has 2 amide bonds. The van der Waals surface area contributed by atoms with Gasteiger partial charge in [0.15, 0.2) is 0 Å². The molecule has 1 aliphatic carbocycles. The number of nitrogens with one attached hydrogen (secondary N) is 2. The number of fused-ring (bicyclic) bond motifs is 6. The maximum atomic E-state index is 13.5. The molecular weight excluding hydrogens is 498 g/mol. The van der Waals surface area contributed by atoms with Crippen molar-refractivity contribution in [2.45, 2.75) is 56.9 Å². The van der Waals surface area contributed by atoms with Crippen LogP contribution in [0.5, 0.6) is 5.75 Å². The molecule has 2 aromatic rings. The summed E-state index contributed by atoms with van der Waals surface area (Å²) in [4.78, 5) is 28.2. The van der Waals surface area contributed by atoms with E-state index in [-0.39, 0.29) is 36.4 Å². The molecule has 4 atom stereocenters. The van der Waals surface area contributed by atoms with Crippen LogP contribution in [0.4, 0.5) is 0 Å². The van der Waals surface area contributed by atoms with Crippen LogP contribution in [0.15, 0.2) is 42.5 Å². The number of ether oxygens (including phenoxy) is 2. The summed E-state index contributed by atoms with van der Waals surface area (Å²) in [6.45, 7) is 4.11. The van der Waals surface area contributed by atoms with Gasteiger partial charge in [0.05, 0.1) is 37.0 Å². The first-order valence-corrected chi connectivity index (χ1v) is 14.0. The van der Waals surface area contributed by atoms with E-state index in [1.54, 1.807) is 23.1 Å². The van der Waals surface area contributed by atoms with Crippen LogP contribution in [0.2, 0.25) is 0 Å². The molecule has 0 aromatic heterocycles. The van der Waals surface area contributed by atoms with Crippen LogP contribution < -0.4 is 15.4 Å². The Balaban J connectivity index is 1.17. The third-order valence-electron chi connectivity index (χ3n) is 8.10. The maximum absolute atomic E-state index is 13.5. The van der Waals surface area contributed by atoms with Crippen LogP contribution in [0, 0.1) is 5.92 Å². The lowest BCUT2D eigenvalue weighted by Crippen LogP contribution is -2.55. The Bertz CT molecular complexity index is 1150. The van der Waals surface area contributed by atoms with E-state index in [4.69, 9.17) is 9.47 Å². The Morgan fingerprint density at radius 1 is 1.15 bits per heavy atom. The van der Waals surface area contributed by atoms with Gasteiger partial charge in [-0.3, -0.25) is 9.59 Å². The molecular formula is C30H39N3O6. The molecule has 0 saturated carbocycles. The van der Waals surface area contributed by atoms with Crippen molar-refractivity contribution in [2.75, 3.05) is 39.5 Å². The first-order chi connectivity index (χ1) is 18.9. The lowest BCUT2D eigenvalue weighted by Gasteiger charge is -2.44. The summed E-state index contributed by atoms with van der Waals surface area (Å²) in [6.07, 6.45) is 1.92. The number of hydrogen-bond acceptors (Lipinski definition) is 7. The van der Waals surface area contributed by atoms with Gasteiger partial charge in [-0.25, -0.2) is 0 Å². The van der Waals surface area contributed by atoms with Crippen LogP contribution in [0.1, 0.15) is 51.6 Å². The van der Waals surface area contributed by atoms with Crippen molar-refractivity contribution in [1.82, 2.24) is 15.5 Å². The number of aliphatic hydroxyl groups excluding tert-OH is 2. The highest BCUT2D eigenvalue weighted by Gasteiger charge is 2.39. The first kappa shape index (κ1) is 27.6. The van der Waals surface area contributed by atoms with E-state index in [2.05, 4.69) is 22.8 Å². The summed E-state index contributed by atoms with van der Waals surface area (Å²) >= 11 is 0. The van der Waals surface area contributed by atoms with E-state index < -0.39 is 12.2 Å². The molecule has 3 fully saturated rings. The van der Waals surface area contributed by atoms with Crippen molar-refractivity contribution in [2.24, 2.45) is 5.92 Å². The summed E-state index contributed by atoms with van der Waals surface area (Å²) in [7, 11) is 0. The smallest absolute Gasteiger partial charge is 0.255 e. The fourth-order valence-corrected chi connectivity index (χ4v) is 5.93. The lowest BCUT2D eigenvalue weighted by molar-refractivity contribution is -0.0608. The summed E-state index contributed by atoms with van der Waals surface area (Å²) in [5.74, 6) is -0.213. The fraction of sp³-hybridized carbons (Fsp3) is 0.533. The molecule has 9 heteroatoms. The number of hydrogen-bond donors (Lipinski definition) is 4. The second kappa shape index (κ2) is 12.5. The Morgan fingerprint density at radius 3 is 2.67 bits per heavy atom. The second-order valence-corrected chi connectivity index (χ2v) is 10.8. The van der Waals surface area contributed by atoms with Gasteiger partial charge >= 0.3 is 0 Å². The van der Waals surface area contributed by atoms with Gasteiger partial charge in [0, 0.05) is 43.8 Å². The standard InChI is InChI=1S/C30H39N3O6/c1-2-39-28-13-21(30(37)33-17-22-9-10-38-18-24(33)14-27(22)35)7-8-26(28)29(36)32-16-25(34)15-31-23-11-19-5-3-4-6-20(19)12-23/h3-8,13,22-25,27,31,34-35H,2,9-12,14-18H2,1H3,(H,32,36)/t22?,24?,25-,27?/m0/s1. The maximum Gasteiger partial charge on any atom is 0.255 e. The number of carbonyl (C=O) groups is 2. The molecule has 0 spiro atoms. The third-order valence-corrected chi connectivity index (χ3v) is 8.10. The number of amides is 2. The number of aliphatic hydroxyl groups is 2. The average molecular weight is 538 g/mol. The average Bonchev–Trinajstić information content (AvgIpc) is 3.34. The van der Waals surface area contributed by atoms with Gasteiger partial charge in [-0.15, -0.1) is 0 Å². The van der Waals surface area contributed by atoms with Crippen LogP contribution in [0.3, 0.4) is 0 Å². The lowest BCUT2D eigenvalue weighted by atomic mass is 9.86. The summed E-state index contributed by atoms with van der Waals surface area (Å²) < 4.78 is 11.4. The Kier molecular flexibility index (Phi) is 8.82. The van der Waals surface area contributed by atoms with E-state index in [9.17, 15) is 19.8 Å². The highest BCUT2D eigenvalue weighted by molar-refractivity contribution is 6.00. The molecule has 2 aromatic carbocycles. The summed E-state index contributed by atoms with van der Waals surface area (Å²) in [5, 5.41) is 27.1.